The number of ether oxygens (including phenoxy) is 1. The van der Waals surface area contributed by atoms with Gasteiger partial charge < -0.3 is 15.8 Å². The van der Waals surface area contributed by atoms with E-state index in [1.807, 2.05) is 0 Å². The van der Waals surface area contributed by atoms with Crippen LogP contribution in [-0.4, -0.2) is 19.1 Å². The van der Waals surface area contributed by atoms with Crippen molar-refractivity contribution in [2.75, 3.05) is 12.8 Å². The molecule has 19 heavy (non-hydrogen) atoms. The average Bonchev–Trinajstić information content (AvgIpc) is 2.38. The third-order valence-corrected chi connectivity index (χ3v) is 3.76. The molecule has 0 heterocycles. The molecule has 2 atom stereocenters. The van der Waals surface area contributed by atoms with Gasteiger partial charge >= 0.3 is 0 Å². The average molecular weight is 262 g/mol. The molecule has 1 saturated carbocycles. The van der Waals surface area contributed by atoms with E-state index in [1.54, 1.807) is 25.3 Å². The maximum absolute atomic E-state index is 12.2. The number of amides is 1. The van der Waals surface area contributed by atoms with Gasteiger partial charge in [-0.15, -0.1) is 0 Å². The zero-order chi connectivity index (χ0) is 13.8. The highest BCUT2D eigenvalue weighted by atomic mass is 16.5. The maximum atomic E-state index is 12.2. The molecule has 1 aromatic carbocycles. The highest BCUT2D eigenvalue weighted by molar-refractivity contribution is 5.95. The van der Waals surface area contributed by atoms with E-state index >= 15 is 0 Å². The number of nitrogen functional groups attached to an aromatic ring is 1. The third-order valence-electron chi connectivity index (χ3n) is 3.76. The highest BCUT2D eigenvalue weighted by Crippen LogP contribution is 2.25. The maximum Gasteiger partial charge on any atom is 0.251 e. The summed E-state index contributed by atoms with van der Waals surface area (Å²) in [6.07, 6.45) is 4.60. The molecule has 1 aromatic rings. The van der Waals surface area contributed by atoms with Crippen molar-refractivity contribution in [1.29, 1.82) is 0 Å². The molecule has 1 aliphatic carbocycles. The van der Waals surface area contributed by atoms with Crippen LogP contribution < -0.4 is 15.8 Å². The van der Waals surface area contributed by atoms with Gasteiger partial charge in [0.2, 0.25) is 0 Å². The Hall–Kier alpha value is -1.71. The van der Waals surface area contributed by atoms with Gasteiger partial charge in [0.05, 0.1) is 12.8 Å². The first-order valence-corrected chi connectivity index (χ1v) is 6.84. The van der Waals surface area contributed by atoms with Crippen molar-refractivity contribution in [2.24, 2.45) is 5.92 Å². The number of hydrogen-bond acceptors (Lipinski definition) is 3. The van der Waals surface area contributed by atoms with Crippen molar-refractivity contribution >= 4 is 11.6 Å². The first kappa shape index (κ1) is 13.7. The van der Waals surface area contributed by atoms with E-state index in [9.17, 15) is 4.79 Å². The van der Waals surface area contributed by atoms with Gasteiger partial charge in [-0.2, -0.15) is 0 Å². The predicted molar refractivity (Wildman–Crippen MR) is 76.3 cm³/mol. The predicted octanol–water partition coefficient (Wildman–Crippen LogP) is 2.59. The minimum absolute atomic E-state index is 0.0477. The van der Waals surface area contributed by atoms with E-state index in [0.29, 0.717) is 29.0 Å². The second kappa shape index (κ2) is 5.95. The van der Waals surface area contributed by atoms with E-state index in [-0.39, 0.29) is 5.91 Å². The molecule has 4 heteroatoms. The molecule has 4 nitrogen and oxygen atoms in total. The van der Waals surface area contributed by atoms with Crippen molar-refractivity contribution in [1.82, 2.24) is 5.32 Å². The number of carbonyl (C=O) groups excluding carboxylic acids is 1. The second-order valence-electron chi connectivity index (χ2n) is 5.40. The summed E-state index contributed by atoms with van der Waals surface area (Å²) in [4.78, 5) is 12.2. The highest BCUT2D eigenvalue weighted by Gasteiger charge is 2.21. The number of benzene rings is 1. The summed E-state index contributed by atoms with van der Waals surface area (Å²) in [5.41, 5.74) is 6.91. The van der Waals surface area contributed by atoms with E-state index in [1.165, 1.54) is 12.8 Å². The fourth-order valence-electron chi connectivity index (χ4n) is 2.71. The number of anilines is 1. The lowest BCUT2D eigenvalue weighted by atomic mass is 9.87. The topological polar surface area (TPSA) is 64.3 Å². The van der Waals surface area contributed by atoms with Crippen LogP contribution in [-0.2, 0) is 0 Å². The second-order valence-corrected chi connectivity index (χ2v) is 5.40. The normalized spacial score (nSPS) is 22.8. The summed E-state index contributed by atoms with van der Waals surface area (Å²) >= 11 is 0. The number of methoxy groups -OCH3 is 1. The molecular formula is C15H22N2O2. The van der Waals surface area contributed by atoms with Crippen LogP contribution >= 0.6 is 0 Å². The number of nitrogens with one attached hydrogen (secondary N) is 1. The molecule has 2 rings (SSSR count). The molecule has 0 unspecified atom stereocenters. The SMILES string of the molecule is COc1ccc(C(=O)N[C@@H]2CCC[C@@H](C)C2)cc1N. The Morgan fingerprint density at radius 1 is 1.42 bits per heavy atom. The van der Waals surface area contributed by atoms with Crippen molar-refractivity contribution in [3.63, 3.8) is 0 Å². The molecule has 1 amide bonds. The fourth-order valence-corrected chi connectivity index (χ4v) is 2.71. The van der Waals surface area contributed by atoms with Crippen molar-refractivity contribution in [3.05, 3.63) is 23.8 Å². The van der Waals surface area contributed by atoms with Gasteiger partial charge in [0.15, 0.2) is 0 Å². The van der Waals surface area contributed by atoms with E-state index in [4.69, 9.17) is 10.5 Å². The molecule has 0 saturated heterocycles. The lowest BCUT2D eigenvalue weighted by Gasteiger charge is -2.27. The Bertz CT molecular complexity index is 459. The summed E-state index contributed by atoms with van der Waals surface area (Å²) < 4.78 is 5.09. The molecule has 1 fully saturated rings. The van der Waals surface area contributed by atoms with Crippen LogP contribution in [0, 0.1) is 5.92 Å². The molecule has 3 N–H and O–H groups in total. The smallest absolute Gasteiger partial charge is 0.251 e. The van der Waals surface area contributed by atoms with Crippen LogP contribution in [0.3, 0.4) is 0 Å². The van der Waals surface area contributed by atoms with E-state index in [0.717, 1.165) is 12.8 Å². The van der Waals surface area contributed by atoms with Crippen LogP contribution in [0.5, 0.6) is 5.75 Å². The summed E-state index contributed by atoms with van der Waals surface area (Å²) in [7, 11) is 1.56. The lowest BCUT2D eigenvalue weighted by molar-refractivity contribution is 0.0921. The summed E-state index contributed by atoms with van der Waals surface area (Å²) in [6.45, 7) is 2.24. The number of rotatable bonds is 3. The van der Waals surface area contributed by atoms with Gasteiger partial charge in [0.25, 0.3) is 5.91 Å². The van der Waals surface area contributed by atoms with Gasteiger partial charge in [-0.1, -0.05) is 19.8 Å². The summed E-state index contributed by atoms with van der Waals surface area (Å²) in [5, 5.41) is 3.09. The van der Waals surface area contributed by atoms with Gasteiger partial charge in [-0.25, -0.2) is 0 Å². The molecule has 0 aliphatic heterocycles. The third kappa shape index (κ3) is 3.40. The Balaban J connectivity index is 2.01. The quantitative estimate of drug-likeness (QED) is 0.823. The van der Waals surface area contributed by atoms with Crippen LogP contribution in [0.1, 0.15) is 43.0 Å². The lowest BCUT2D eigenvalue weighted by Crippen LogP contribution is -2.37. The van der Waals surface area contributed by atoms with Gasteiger partial charge in [-0.3, -0.25) is 4.79 Å². The minimum Gasteiger partial charge on any atom is -0.495 e. The fraction of sp³-hybridized carbons (Fsp3) is 0.533. The van der Waals surface area contributed by atoms with Crippen LogP contribution in [0.4, 0.5) is 5.69 Å². The number of nitrogens with two attached hydrogens (primary N) is 1. The zero-order valence-electron chi connectivity index (χ0n) is 11.6. The number of carbonyl (C=O) groups is 1. The van der Waals surface area contributed by atoms with E-state index < -0.39 is 0 Å². The Morgan fingerprint density at radius 2 is 2.21 bits per heavy atom. The van der Waals surface area contributed by atoms with Crippen molar-refractivity contribution in [2.45, 2.75) is 38.6 Å². The largest absolute Gasteiger partial charge is 0.495 e. The van der Waals surface area contributed by atoms with Crippen LogP contribution in [0.2, 0.25) is 0 Å². The summed E-state index contributed by atoms with van der Waals surface area (Å²) in [6, 6.07) is 5.44. The molecule has 0 bridgehead atoms. The minimum atomic E-state index is -0.0477. The molecule has 104 valence electrons. The van der Waals surface area contributed by atoms with Gasteiger partial charge in [-0.05, 0) is 37.0 Å². The standard InChI is InChI=1S/C15H22N2O2/c1-10-4-3-5-12(8-10)17-15(18)11-6-7-14(19-2)13(16)9-11/h6-7,9-10,12H,3-5,8,16H2,1-2H3,(H,17,18)/t10-,12-/m1/s1. The summed E-state index contributed by atoms with van der Waals surface area (Å²) in [5.74, 6) is 1.25. The molecule has 0 aromatic heterocycles. The number of hydrogen-bond donors (Lipinski definition) is 2. The van der Waals surface area contributed by atoms with Crippen molar-refractivity contribution < 1.29 is 9.53 Å². The zero-order valence-corrected chi connectivity index (χ0v) is 11.6. The molecule has 0 radical (unpaired) electrons. The van der Waals surface area contributed by atoms with Crippen LogP contribution in [0.15, 0.2) is 18.2 Å². The van der Waals surface area contributed by atoms with Crippen molar-refractivity contribution in [3.8, 4) is 5.75 Å². The molecule has 1 aliphatic rings. The Labute approximate surface area is 114 Å². The molecule has 0 spiro atoms. The van der Waals surface area contributed by atoms with E-state index in [2.05, 4.69) is 12.2 Å². The van der Waals surface area contributed by atoms with Crippen LogP contribution in [0.25, 0.3) is 0 Å². The first-order valence-electron chi connectivity index (χ1n) is 6.84. The van der Waals surface area contributed by atoms with Gasteiger partial charge in [0.1, 0.15) is 5.75 Å². The Morgan fingerprint density at radius 3 is 2.84 bits per heavy atom. The molecular weight excluding hydrogens is 240 g/mol. The first-order chi connectivity index (χ1) is 9.10. The van der Waals surface area contributed by atoms with Gasteiger partial charge in [0, 0.05) is 11.6 Å². The Kier molecular flexibility index (Phi) is 4.30. The monoisotopic (exact) mass is 262 g/mol.